The molecule has 1 aromatic carbocycles. The first-order valence-electron chi connectivity index (χ1n) is 12.0. The van der Waals surface area contributed by atoms with Gasteiger partial charge in [0, 0.05) is 44.7 Å². The van der Waals surface area contributed by atoms with Gasteiger partial charge in [0.25, 0.3) is 5.91 Å². The van der Waals surface area contributed by atoms with E-state index >= 15 is 0 Å². The van der Waals surface area contributed by atoms with E-state index in [4.69, 9.17) is 9.47 Å². The van der Waals surface area contributed by atoms with Crippen molar-refractivity contribution in [3.05, 3.63) is 63.1 Å². The first-order chi connectivity index (χ1) is 17.1. The molecule has 0 spiro atoms. The summed E-state index contributed by atoms with van der Waals surface area (Å²) < 4.78 is 40.0. The molecule has 36 heavy (non-hydrogen) atoms. The summed E-state index contributed by atoms with van der Waals surface area (Å²) in [6.07, 6.45) is 4.72. The van der Waals surface area contributed by atoms with Gasteiger partial charge in [-0.05, 0) is 32.3 Å². The normalized spacial score (nSPS) is 23.2. The third kappa shape index (κ3) is 4.43. The fourth-order valence-electron chi connectivity index (χ4n) is 5.36. The molecule has 2 heterocycles. The van der Waals surface area contributed by atoms with E-state index < -0.39 is 45.5 Å². The molecule has 0 saturated heterocycles. The van der Waals surface area contributed by atoms with Crippen molar-refractivity contribution >= 4 is 11.7 Å². The number of aromatic hydroxyl groups is 1. The Kier molecular flexibility index (Phi) is 7.28. The minimum atomic E-state index is -0.986. The molecule has 8 nitrogen and oxygen atoms in total. The summed E-state index contributed by atoms with van der Waals surface area (Å²) in [6, 6.07) is 2.94. The number of nitrogens with one attached hydrogen (secondary N) is 1. The summed E-state index contributed by atoms with van der Waals surface area (Å²) in [4.78, 5) is 39.4. The number of ketones is 1. The molecule has 1 fully saturated rings. The van der Waals surface area contributed by atoms with Gasteiger partial charge in [-0.2, -0.15) is 0 Å². The third-order valence-electron chi connectivity index (χ3n) is 7.48. The van der Waals surface area contributed by atoms with Crippen LogP contribution in [0.1, 0.15) is 65.4 Å². The molecule has 1 saturated carbocycles. The van der Waals surface area contributed by atoms with E-state index in [1.54, 1.807) is 7.11 Å². The monoisotopic (exact) mass is 504 g/mol. The number of hydrogen-bond donors (Lipinski definition) is 2. The fraction of sp³-hybridized carbons (Fsp3) is 0.500. The highest BCUT2D eigenvalue weighted by Crippen LogP contribution is 2.52. The Labute approximate surface area is 207 Å². The van der Waals surface area contributed by atoms with Crippen LogP contribution in [0.25, 0.3) is 0 Å². The maximum absolute atomic E-state index is 13.9. The van der Waals surface area contributed by atoms with E-state index in [1.807, 2.05) is 6.92 Å². The molecule has 2 aromatic rings. The molecule has 194 valence electrons. The van der Waals surface area contributed by atoms with Crippen LogP contribution in [0.2, 0.25) is 0 Å². The number of methoxy groups -OCH3 is 1. The van der Waals surface area contributed by atoms with E-state index in [1.165, 1.54) is 16.8 Å². The number of benzene rings is 1. The highest BCUT2D eigenvalue weighted by atomic mass is 19.1. The second-order valence-electron chi connectivity index (χ2n) is 9.67. The largest absolute Gasteiger partial charge is 0.503 e. The number of hydrogen-bond acceptors (Lipinski definition) is 6. The summed E-state index contributed by atoms with van der Waals surface area (Å²) in [6.45, 7) is 2.57. The predicted molar refractivity (Wildman–Crippen MR) is 126 cm³/mol. The highest BCUT2D eigenvalue weighted by molar-refractivity contribution is 6.04. The molecule has 4 rings (SSSR count). The SMILES string of the molecule is COCCCO[C@@]12CCCC[C@]1(C)C(=O)c1c(O)c(=O)c(C(=O)NCc3ccc(F)cc3F)cn1C2. The van der Waals surface area contributed by atoms with Crippen LogP contribution in [0.15, 0.2) is 29.2 Å². The number of ether oxygens (including phenoxy) is 2. The minimum Gasteiger partial charge on any atom is -0.503 e. The lowest BCUT2D eigenvalue weighted by atomic mass is 9.59. The lowest BCUT2D eigenvalue weighted by Crippen LogP contribution is -2.61. The average Bonchev–Trinajstić information content (AvgIpc) is 2.84. The van der Waals surface area contributed by atoms with Crippen LogP contribution in [0.3, 0.4) is 0 Å². The van der Waals surface area contributed by atoms with Crippen molar-refractivity contribution in [2.45, 2.75) is 57.7 Å². The molecule has 2 atom stereocenters. The number of carbonyl (C=O) groups excluding carboxylic acids is 2. The third-order valence-corrected chi connectivity index (χ3v) is 7.48. The second-order valence-corrected chi connectivity index (χ2v) is 9.67. The number of aromatic nitrogens is 1. The van der Waals surface area contributed by atoms with Crippen LogP contribution >= 0.6 is 0 Å². The van der Waals surface area contributed by atoms with E-state index in [0.29, 0.717) is 38.5 Å². The summed E-state index contributed by atoms with van der Waals surface area (Å²) in [5, 5.41) is 13.2. The number of amides is 1. The molecule has 1 aromatic heterocycles. The number of halogens is 2. The van der Waals surface area contributed by atoms with Crippen molar-refractivity contribution in [1.82, 2.24) is 9.88 Å². The van der Waals surface area contributed by atoms with Crippen LogP contribution in [0, 0.1) is 17.0 Å². The van der Waals surface area contributed by atoms with Crippen molar-refractivity contribution in [3.63, 3.8) is 0 Å². The van der Waals surface area contributed by atoms with E-state index in [2.05, 4.69) is 5.32 Å². The van der Waals surface area contributed by atoms with Gasteiger partial charge in [0.05, 0.1) is 17.6 Å². The second kappa shape index (κ2) is 10.1. The Morgan fingerprint density at radius 3 is 2.67 bits per heavy atom. The summed E-state index contributed by atoms with van der Waals surface area (Å²) in [5.74, 6) is -3.63. The smallest absolute Gasteiger partial charge is 0.257 e. The molecule has 1 aliphatic carbocycles. The highest BCUT2D eigenvalue weighted by Gasteiger charge is 2.59. The number of Topliss-reactive ketones (excluding diaryl/α,β-unsaturated/α-hetero) is 1. The van der Waals surface area contributed by atoms with Gasteiger partial charge in [0.1, 0.15) is 22.9 Å². The Morgan fingerprint density at radius 2 is 1.94 bits per heavy atom. The van der Waals surface area contributed by atoms with Gasteiger partial charge in [0.15, 0.2) is 11.5 Å². The van der Waals surface area contributed by atoms with Gasteiger partial charge in [-0.25, -0.2) is 8.78 Å². The first-order valence-corrected chi connectivity index (χ1v) is 12.0. The van der Waals surface area contributed by atoms with Crippen molar-refractivity contribution in [3.8, 4) is 5.75 Å². The Bertz CT molecular complexity index is 1250. The van der Waals surface area contributed by atoms with Gasteiger partial charge >= 0.3 is 0 Å². The first kappa shape index (κ1) is 26.0. The van der Waals surface area contributed by atoms with Crippen molar-refractivity contribution in [2.75, 3.05) is 20.3 Å². The number of carbonyl (C=O) groups is 2. The minimum absolute atomic E-state index is 0.0311. The van der Waals surface area contributed by atoms with Gasteiger partial charge in [-0.3, -0.25) is 14.4 Å². The zero-order valence-electron chi connectivity index (χ0n) is 20.4. The standard InChI is InChI=1S/C26H30F2N2O6/c1-25-8-3-4-9-26(25,36-11-5-10-35-2)15-30-14-18(21(31)22(32)20(30)23(25)33)24(34)29-13-16-6-7-17(27)12-19(16)28/h6-7,12,14,32H,3-5,8-11,13,15H2,1-2H3,(H,29,34)/t25-,26-/m1/s1. The van der Waals surface area contributed by atoms with Gasteiger partial charge in [0.2, 0.25) is 5.43 Å². The summed E-state index contributed by atoms with van der Waals surface area (Å²) in [7, 11) is 1.60. The number of pyridine rings is 1. The Hall–Kier alpha value is -3.11. The van der Waals surface area contributed by atoms with Crippen LogP contribution in [-0.2, 0) is 22.6 Å². The van der Waals surface area contributed by atoms with E-state index in [0.717, 1.165) is 18.9 Å². The molecule has 0 bridgehead atoms. The van der Waals surface area contributed by atoms with Gasteiger partial charge in [-0.15, -0.1) is 0 Å². The van der Waals surface area contributed by atoms with E-state index in [-0.39, 0.29) is 29.9 Å². The zero-order chi connectivity index (χ0) is 26.1. The molecular formula is C26H30F2N2O6. The Morgan fingerprint density at radius 1 is 1.19 bits per heavy atom. The molecule has 1 aliphatic heterocycles. The van der Waals surface area contributed by atoms with Crippen molar-refractivity contribution < 1.29 is 33.0 Å². The molecule has 2 N–H and O–H groups in total. The quantitative estimate of drug-likeness (QED) is 0.534. The predicted octanol–water partition coefficient (Wildman–Crippen LogP) is 3.33. The van der Waals surface area contributed by atoms with Crippen molar-refractivity contribution in [2.24, 2.45) is 5.41 Å². The molecule has 0 radical (unpaired) electrons. The topological polar surface area (TPSA) is 107 Å². The molecular weight excluding hydrogens is 474 g/mol. The number of rotatable bonds is 8. The lowest BCUT2D eigenvalue weighted by Gasteiger charge is -2.53. The van der Waals surface area contributed by atoms with Crippen LogP contribution in [0.4, 0.5) is 8.78 Å². The maximum Gasteiger partial charge on any atom is 0.257 e. The Balaban J connectivity index is 1.66. The molecule has 2 aliphatic rings. The zero-order valence-corrected chi connectivity index (χ0v) is 20.4. The molecule has 1 amide bonds. The number of fused-ring (bicyclic) bond motifs is 2. The fourth-order valence-corrected chi connectivity index (χ4v) is 5.36. The van der Waals surface area contributed by atoms with Gasteiger partial charge in [-0.1, -0.05) is 18.9 Å². The van der Waals surface area contributed by atoms with Crippen molar-refractivity contribution in [1.29, 1.82) is 0 Å². The lowest BCUT2D eigenvalue weighted by molar-refractivity contribution is -0.152. The molecule has 10 heteroatoms. The van der Waals surface area contributed by atoms with E-state index in [9.17, 15) is 28.3 Å². The summed E-state index contributed by atoms with van der Waals surface area (Å²) in [5.41, 5.74) is -3.29. The maximum atomic E-state index is 13.9. The van der Waals surface area contributed by atoms with Crippen LogP contribution < -0.4 is 10.7 Å². The van der Waals surface area contributed by atoms with Crippen LogP contribution in [0.5, 0.6) is 5.75 Å². The van der Waals surface area contributed by atoms with Crippen LogP contribution in [-0.4, -0.2) is 47.3 Å². The summed E-state index contributed by atoms with van der Waals surface area (Å²) >= 11 is 0. The molecule has 0 unspecified atom stereocenters. The number of nitrogens with zero attached hydrogens (tertiary/aromatic N) is 1. The van der Waals surface area contributed by atoms with Gasteiger partial charge < -0.3 is 24.5 Å². The average molecular weight is 505 g/mol.